The summed E-state index contributed by atoms with van der Waals surface area (Å²) in [5, 5.41) is 0.0433. The van der Waals surface area contributed by atoms with Crippen LogP contribution < -0.4 is 0 Å². The zero-order valence-electron chi connectivity index (χ0n) is 13.5. The first-order chi connectivity index (χ1) is 10.4. The molecule has 0 saturated carbocycles. The second-order valence-corrected chi connectivity index (χ2v) is 9.49. The van der Waals surface area contributed by atoms with Gasteiger partial charge in [-0.1, -0.05) is 32.5 Å². The van der Waals surface area contributed by atoms with E-state index in [1.807, 2.05) is 6.20 Å². The van der Waals surface area contributed by atoms with E-state index in [4.69, 9.17) is 4.74 Å². The van der Waals surface area contributed by atoms with Crippen molar-refractivity contribution >= 4 is 29.0 Å². The standard InChI is InChI=1S/C16H24N2O2S2/c1-16(2,3)13-10-17-15(22-13)21-12-4-7-18(14(12)19)11-5-8-20-9-6-11/h10-12H,4-9H2,1-3H3/t12-/m0/s1. The van der Waals surface area contributed by atoms with E-state index < -0.39 is 0 Å². The molecule has 4 nitrogen and oxygen atoms in total. The van der Waals surface area contributed by atoms with Crippen molar-refractivity contribution in [3.8, 4) is 0 Å². The molecule has 0 aliphatic carbocycles. The Bertz CT molecular complexity index is 532. The molecule has 3 rings (SSSR count). The van der Waals surface area contributed by atoms with Gasteiger partial charge in [-0.25, -0.2) is 4.98 Å². The first kappa shape index (κ1) is 16.3. The number of likely N-dealkylation sites (tertiary alicyclic amines) is 1. The Hall–Kier alpha value is -0.590. The molecule has 0 unspecified atom stereocenters. The number of thioether (sulfide) groups is 1. The second-order valence-electron chi connectivity index (χ2n) is 7.01. The van der Waals surface area contributed by atoms with Crippen LogP contribution in [0.3, 0.4) is 0 Å². The van der Waals surface area contributed by atoms with Crippen LogP contribution in [-0.4, -0.2) is 46.8 Å². The van der Waals surface area contributed by atoms with Crippen molar-refractivity contribution in [3.63, 3.8) is 0 Å². The molecule has 2 fully saturated rings. The highest BCUT2D eigenvalue weighted by molar-refractivity contribution is 8.02. The Kier molecular flexibility index (Phi) is 4.80. The SMILES string of the molecule is CC(C)(C)c1cnc(S[C@H]2CCN(C3CCOCC3)C2=O)s1. The van der Waals surface area contributed by atoms with Crippen LogP contribution in [0.5, 0.6) is 0 Å². The number of nitrogens with zero attached hydrogens (tertiary/aromatic N) is 2. The minimum Gasteiger partial charge on any atom is -0.381 e. The van der Waals surface area contributed by atoms with Crippen molar-refractivity contribution < 1.29 is 9.53 Å². The Morgan fingerprint density at radius 3 is 2.68 bits per heavy atom. The van der Waals surface area contributed by atoms with Crippen molar-refractivity contribution in [3.05, 3.63) is 11.1 Å². The summed E-state index contributed by atoms with van der Waals surface area (Å²) < 4.78 is 6.43. The smallest absolute Gasteiger partial charge is 0.236 e. The summed E-state index contributed by atoms with van der Waals surface area (Å²) in [6, 6.07) is 0.383. The highest BCUT2D eigenvalue weighted by atomic mass is 32.2. The molecule has 22 heavy (non-hydrogen) atoms. The highest BCUT2D eigenvalue weighted by Gasteiger charge is 2.37. The van der Waals surface area contributed by atoms with Gasteiger partial charge in [0.15, 0.2) is 4.34 Å². The molecule has 1 aromatic heterocycles. The second kappa shape index (κ2) is 6.49. The largest absolute Gasteiger partial charge is 0.381 e. The van der Waals surface area contributed by atoms with Gasteiger partial charge in [-0.2, -0.15) is 0 Å². The quantitative estimate of drug-likeness (QED) is 0.846. The number of rotatable bonds is 3. The van der Waals surface area contributed by atoms with Crippen LogP contribution in [0.25, 0.3) is 0 Å². The third kappa shape index (κ3) is 3.49. The summed E-state index contributed by atoms with van der Waals surface area (Å²) in [5.74, 6) is 0.296. The monoisotopic (exact) mass is 340 g/mol. The summed E-state index contributed by atoms with van der Waals surface area (Å²) in [4.78, 5) is 20.5. The summed E-state index contributed by atoms with van der Waals surface area (Å²) >= 11 is 3.38. The molecule has 1 aromatic rings. The number of aromatic nitrogens is 1. The van der Waals surface area contributed by atoms with Crippen LogP contribution in [0.15, 0.2) is 10.5 Å². The van der Waals surface area contributed by atoms with E-state index in [2.05, 4.69) is 30.7 Å². The molecule has 0 spiro atoms. The van der Waals surface area contributed by atoms with Gasteiger partial charge in [0.2, 0.25) is 5.91 Å². The molecular formula is C16H24N2O2S2. The van der Waals surface area contributed by atoms with E-state index in [0.717, 1.165) is 43.4 Å². The maximum atomic E-state index is 12.7. The fourth-order valence-corrected chi connectivity index (χ4v) is 5.26. The fourth-order valence-electron chi connectivity index (χ4n) is 2.92. The number of hydrogen-bond donors (Lipinski definition) is 0. The van der Waals surface area contributed by atoms with Gasteiger partial charge in [-0.05, 0) is 24.7 Å². The number of ether oxygens (including phenoxy) is 1. The molecule has 0 radical (unpaired) electrons. The average Bonchev–Trinajstić information content (AvgIpc) is 3.08. The summed E-state index contributed by atoms with van der Waals surface area (Å²) in [7, 11) is 0. The molecule has 1 atom stereocenters. The third-order valence-electron chi connectivity index (χ3n) is 4.29. The maximum absolute atomic E-state index is 12.7. The molecular weight excluding hydrogens is 316 g/mol. The lowest BCUT2D eigenvalue weighted by Gasteiger charge is -2.31. The molecule has 2 saturated heterocycles. The number of carbonyl (C=O) groups excluding carboxylic acids is 1. The summed E-state index contributed by atoms with van der Waals surface area (Å²) in [6.07, 6.45) is 4.86. The van der Waals surface area contributed by atoms with Crippen LogP contribution in [0.4, 0.5) is 0 Å². The van der Waals surface area contributed by atoms with E-state index in [0.29, 0.717) is 11.9 Å². The Balaban J connectivity index is 1.62. The highest BCUT2D eigenvalue weighted by Crippen LogP contribution is 2.37. The topological polar surface area (TPSA) is 42.4 Å². The van der Waals surface area contributed by atoms with Crippen molar-refractivity contribution in [2.24, 2.45) is 0 Å². The number of thiazole rings is 1. The lowest BCUT2D eigenvalue weighted by atomic mass is 9.96. The van der Waals surface area contributed by atoms with Crippen LogP contribution in [0, 0.1) is 0 Å². The Labute approximate surface area is 140 Å². The molecule has 2 aliphatic heterocycles. The van der Waals surface area contributed by atoms with Gasteiger partial charge in [0.05, 0.1) is 5.25 Å². The van der Waals surface area contributed by atoms with E-state index in [1.165, 1.54) is 4.88 Å². The van der Waals surface area contributed by atoms with E-state index in [-0.39, 0.29) is 10.7 Å². The van der Waals surface area contributed by atoms with Crippen LogP contribution >= 0.6 is 23.1 Å². The first-order valence-corrected chi connectivity index (χ1v) is 9.66. The minimum atomic E-state index is 0.0433. The fraction of sp³-hybridized carbons (Fsp3) is 0.750. The zero-order valence-corrected chi connectivity index (χ0v) is 15.1. The van der Waals surface area contributed by atoms with Gasteiger partial charge >= 0.3 is 0 Å². The third-order valence-corrected chi connectivity index (χ3v) is 7.07. The van der Waals surface area contributed by atoms with E-state index in [1.54, 1.807) is 23.1 Å². The lowest BCUT2D eigenvalue weighted by Crippen LogP contribution is -2.41. The number of hydrogen-bond acceptors (Lipinski definition) is 5. The number of amides is 1. The van der Waals surface area contributed by atoms with Gasteiger partial charge in [-0.3, -0.25) is 4.79 Å². The predicted molar refractivity (Wildman–Crippen MR) is 90.6 cm³/mol. The maximum Gasteiger partial charge on any atom is 0.236 e. The molecule has 0 N–H and O–H groups in total. The Morgan fingerprint density at radius 1 is 1.32 bits per heavy atom. The van der Waals surface area contributed by atoms with Crippen molar-refractivity contribution in [2.75, 3.05) is 19.8 Å². The van der Waals surface area contributed by atoms with Crippen molar-refractivity contribution in [1.29, 1.82) is 0 Å². The zero-order chi connectivity index (χ0) is 15.7. The molecule has 6 heteroatoms. The number of carbonyl (C=O) groups is 1. The van der Waals surface area contributed by atoms with Gasteiger partial charge in [0, 0.05) is 36.9 Å². The van der Waals surface area contributed by atoms with Gasteiger partial charge in [-0.15, -0.1) is 11.3 Å². The molecule has 0 bridgehead atoms. The summed E-state index contributed by atoms with van der Waals surface area (Å²) in [6.45, 7) is 9.05. The first-order valence-electron chi connectivity index (χ1n) is 7.96. The predicted octanol–water partition coefficient (Wildman–Crippen LogP) is 3.31. The van der Waals surface area contributed by atoms with E-state index >= 15 is 0 Å². The van der Waals surface area contributed by atoms with Gasteiger partial charge in [0.25, 0.3) is 0 Å². The van der Waals surface area contributed by atoms with E-state index in [9.17, 15) is 4.79 Å². The summed E-state index contributed by atoms with van der Waals surface area (Å²) in [5.41, 5.74) is 0.129. The molecule has 1 amide bonds. The van der Waals surface area contributed by atoms with Gasteiger partial charge in [0.1, 0.15) is 0 Å². The minimum absolute atomic E-state index is 0.0433. The average molecular weight is 341 g/mol. The molecule has 2 aliphatic rings. The van der Waals surface area contributed by atoms with Gasteiger partial charge < -0.3 is 9.64 Å². The Morgan fingerprint density at radius 2 is 2.05 bits per heavy atom. The van der Waals surface area contributed by atoms with Crippen LogP contribution in [-0.2, 0) is 14.9 Å². The van der Waals surface area contributed by atoms with Crippen molar-refractivity contribution in [2.45, 2.75) is 61.1 Å². The molecule has 0 aromatic carbocycles. The normalized spacial score (nSPS) is 24.2. The molecule has 3 heterocycles. The van der Waals surface area contributed by atoms with Crippen LogP contribution in [0.2, 0.25) is 0 Å². The van der Waals surface area contributed by atoms with Crippen molar-refractivity contribution in [1.82, 2.24) is 9.88 Å². The van der Waals surface area contributed by atoms with Crippen LogP contribution in [0.1, 0.15) is 44.9 Å². The molecule has 122 valence electrons. The lowest BCUT2D eigenvalue weighted by molar-refractivity contribution is -0.130.